The first-order chi connectivity index (χ1) is 6.07. The Kier molecular flexibility index (Phi) is 2.49. The topological polar surface area (TPSA) is 70.0 Å². The number of rotatable bonds is 1. The summed E-state index contributed by atoms with van der Waals surface area (Å²) in [6.45, 7) is 1.54. The van der Waals surface area contributed by atoms with E-state index in [1.165, 1.54) is 6.07 Å². The van der Waals surface area contributed by atoms with Crippen LogP contribution in [0, 0.1) is 17.1 Å². The SMILES string of the molecule is CC(N)c1c(F)ccc(C#N)c1O. The summed E-state index contributed by atoms with van der Waals surface area (Å²) in [6.07, 6.45) is 0. The van der Waals surface area contributed by atoms with Gasteiger partial charge in [-0.05, 0) is 19.1 Å². The number of halogens is 1. The lowest BCUT2D eigenvalue weighted by atomic mass is 10.0. The highest BCUT2D eigenvalue weighted by Gasteiger charge is 2.15. The number of hydrogen-bond acceptors (Lipinski definition) is 3. The van der Waals surface area contributed by atoms with Crippen molar-refractivity contribution in [1.82, 2.24) is 0 Å². The Balaban J connectivity index is 3.41. The van der Waals surface area contributed by atoms with Crippen molar-refractivity contribution in [3.8, 4) is 11.8 Å². The fraction of sp³-hybridized carbons (Fsp3) is 0.222. The lowest BCUT2D eigenvalue weighted by molar-refractivity contribution is 0.450. The maximum Gasteiger partial charge on any atom is 0.141 e. The van der Waals surface area contributed by atoms with E-state index in [4.69, 9.17) is 11.0 Å². The second-order valence-electron chi connectivity index (χ2n) is 2.76. The van der Waals surface area contributed by atoms with E-state index >= 15 is 0 Å². The van der Waals surface area contributed by atoms with Crippen LogP contribution in [-0.2, 0) is 0 Å². The minimum Gasteiger partial charge on any atom is -0.506 e. The van der Waals surface area contributed by atoms with Crippen molar-refractivity contribution < 1.29 is 9.50 Å². The minimum atomic E-state index is -0.631. The summed E-state index contributed by atoms with van der Waals surface area (Å²) in [5, 5.41) is 17.9. The average molecular weight is 180 g/mol. The van der Waals surface area contributed by atoms with Crippen molar-refractivity contribution in [3.63, 3.8) is 0 Å². The normalized spacial score (nSPS) is 12.2. The molecule has 1 atom stereocenters. The number of phenolic OH excluding ortho intramolecular Hbond substituents is 1. The lowest BCUT2D eigenvalue weighted by Crippen LogP contribution is -2.08. The van der Waals surface area contributed by atoms with Crippen molar-refractivity contribution in [3.05, 3.63) is 29.1 Å². The fourth-order valence-corrected chi connectivity index (χ4v) is 1.11. The van der Waals surface area contributed by atoms with Crippen LogP contribution >= 0.6 is 0 Å². The van der Waals surface area contributed by atoms with Crippen LogP contribution in [0.4, 0.5) is 4.39 Å². The van der Waals surface area contributed by atoms with E-state index in [2.05, 4.69) is 0 Å². The van der Waals surface area contributed by atoms with Gasteiger partial charge in [0, 0.05) is 11.6 Å². The van der Waals surface area contributed by atoms with E-state index in [1.807, 2.05) is 0 Å². The second kappa shape index (κ2) is 3.42. The molecule has 0 aliphatic heterocycles. The first-order valence-corrected chi connectivity index (χ1v) is 3.75. The Hall–Kier alpha value is -1.60. The highest BCUT2D eigenvalue weighted by molar-refractivity contribution is 5.49. The zero-order valence-corrected chi connectivity index (χ0v) is 7.08. The molecular weight excluding hydrogens is 171 g/mol. The summed E-state index contributed by atoms with van der Waals surface area (Å²) in [5.41, 5.74) is 5.45. The van der Waals surface area contributed by atoms with E-state index in [9.17, 15) is 9.50 Å². The number of nitrogens with two attached hydrogens (primary N) is 1. The van der Waals surface area contributed by atoms with Crippen LogP contribution in [0.15, 0.2) is 12.1 Å². The van der Waals surface area contributed by atoms with E-state index in [0.29, 0.717) is 0 Å². The molecule has 0 fully saturated rings. The molecule has 0 heterocycles. The zero-order valence-electron chi connectivity index (χ0n) is 7.08. The van der Waals surface area contributed by atoms with Gasteiger partial charge in [0.2, 0.25) is 0 Å². The summed E-state index contributed by atoms with van der Waals surface area (Å²) < 4.78 is 13.1. The van der Waals surface area contributed by atoms with E-state index < -0.39 is 11.9 Å². The molecule has 1 unspecified atom stereocenters. The van der Waals surface area contributed by atoms with E-state index in [0.717, 1.165) is 6.07 Å². The zero-order chi connectivity index (χ0) is 10.0. The molecule has 13 heavy (non-hydrogen) atoms. The third-order valence-electron chi connectivity index (χ3n) is 1.74. The predicted octanol–water partition coefficient (Wildman–Crippen LogP) is 1.42. The summed E-state index contributed by atoms with van der Waals surface area (Å²) in [5.74, 6) is -0.955. The van der Waals surface area contributed by atoms with Crippen LogP contribution in [0.1, 0.15) is 24.1 Å². The van der Waals surface area contributed by atoms with Gasteiger partial charge < -0.3 is 10.8 Å². The minimum absolute atomic E-state index is 0.0148. The molecule has 3 N–H and O–H groups in total. The molecule has 1 aromatic rings. The molecule has 0 radical (unpaired) electrons. The molecule has 3 nitrogen and oxygen atoms in total. The van der Waals surface area contributed by atoms with Gasteiger partial charge in [-0.3, -0.25) is 0 Å². The van der Waals surface area contributed by atoms with Gasteiger partial charge in [-0.2, -0.15) is 5.26 Å². The third kappa shape index (κ3) is 1.60. The van der Waals surface area contributed by atoms with Crippen LogP contribution in [0.5, 0.6) is 5.75 Å². The van der Waals surface area contributed by atoms with Gasteiger partial charge in [0.05, 0.1) is 5.56 Å². The molecule has 0 aliphatic rings. The number of nitrogens with zero attached hydrogens (tertiary/aromatic N) is 1. The van der Waals surface area contributed by atoms with Gasteiger partial charge in [-0.25, -0.2) is 4.39 Å². The number of nitriles is 1. The van der Waals surface area contributed by atoms with Gasteiger partial charge in [0.1, 0.15) is 17.6 Å². The van der Waals surface area contributed by atoms with Crippen molar-refractivity contribution in [2.75, 3.05) is 0 Å². The first-order valence-electron chi connectivity index (χ1n) is 3.75. The molecule has 0 saturated carbocycles. The highest BCUT2D eigenvalue weighted by Crippen LogP contribution is 2.28. The Labute approximate surface area is 75.2 Å². The van der Waals surface area contributed by atoms with Crippen molar-refractivity contribution in [2.45, 2.75) is 13.0 Å². The first kappa shape index (κ1) is 9.49. The number of hydrogen-bond donors (Lipinski definition) is 2. The van der Waals surface area contributed by atoms with Gasteiger partial charge in [0.25, 0.3) is 0 Å². The van der Waals surface area contributed by atoms with E-state index in [1.54, 1.807) is 13.0 Å². The van der Waals surface area contributed by atoms with Crippen LogP contribution < -0.4 is 5.73 Å². The molecule has 1 aromatic carbocycles. The standard InChI is InChI=1S/C9H9FN2O/c1-5(12)8-7(10)3-2-6(4-11)9(8)13/h2-3,5,13H,12H2,1H3. The van der Waals surface area contributed by atoms with Crippen molar-refractivity contribution >= 4 is 0 Å². The highest BCUT2D eigenvalue weighted by atomic mass is 19.1. The predicted molar refractivity (Wildman–Crippen MR) is 45.4 cm³/mol. The maximum atomic E-state index is 13.1. The number of aromatic hydroxyl groups is 1. The second-order valence-corrected chi connectivity index (χ2v) is 2.76. The van der Waals surface area contributed by atoms with Crippen LogP contribution in [-0.4, -0.2) is 5.11 Å². The lowest BCUT2D eigenvalue weighted by Gasteiger charge is -2.09. The maximum absolute atomic E-state index is 13.1. The molecule has 68 valence electrons. The Morgan fingerprint density at radius 3 is 2.69 bits per heavy atom. The monoisotopic (exact) mass is 180 g/mol. The van der Waals surface area contributed by atoms with E-state index in [-0.39, 0.29) is 16.9 Å². The van der Waals surface area contributed by atoms with Gasteiger partial charge in [-0.15, -0.1) is 0 Å². The quantitative estimate of drug-likeness (QED) is 0.686. The van der Waals surface area contributed by atoms with Crippen molar-refractivity contribution in [1.29, 1.82) is 5.26 Å². The Morgan fingerprint density at radius 1 is 1.62 bits per heavy atom. The summed E-state index contributed by atoms with van der Waals surface area (Å²) >= 11 is 0. The van der Waals surface area contributed by atoms with Gasteiger partial charge >= 0.3 is 0 Å². The fourth-order valence-electron chi connectivity index (χ4n) is 1.11. The molecule has 0 saturated heterocycles. The summed E-state index contributed by atoms with van der Waals surface area (Å²) in [6, 6.07) is 3.46. The molecule has 0 spiro atoms. The van der Waals surface area contributed by atoms with Crippen LogP contribution in [0.2, 0.25) is 0 Å². The molecule has 0 amide bonds. The largest absolute Gasteiger partial charge is 0.506 e. The molecule has 0 bridgehead atoms. The molecule has 1 rings (SSSR count). The average Bonchev–Trinajstić information content (AvgIpc) is 2.04. The Bertz CT molecular complexity index is 369. The van der Waals surface area contributed by atoms with Crippen molar-refractivity contribution in [2.24, 2.45) is 5.73 Å². The van der Waals surface area contributed by atoms with Crippen LogP contribution in [0.3, 0.4) is 0 Å². The third-order valence-corrected chi connectivity index (χ3v) is 1.74. The van der Waals surface area contributed by atoms with Gasteiger partial charge in [-0.1, -0.05) is 0 Å². The Morgan fingerprint density at radius 2 is 2.23 bits per heavy atom. The van der Waals surface area contributed by atoms with Crippen LogP contribution in [0.25, 0.3) is 0 Å². The van der Waals surface area contributed by atoms with Gasteiger partial charge in [0.15, 0.2) is 0 Å². The molecular formula is C9H9FN2O. The number of phenols is 1. The molecule has 4 heteroatoms. The number of benzene rings is 1. The summed E-state index contributed by atoms with van der Waals surface area (Å²) in [7, 11) is 0. The molecule has 0 aliphatic carbocycles. The smallest absolute Gasteiger partial charge is 0.141 e. The summed E-state index contributed by atoms with van der Waals surface area (Å²) in [4.78, 5) is 0. The molecule has 0 aromatic heterocycles.